The molecule has 0 saturated carbocycles. The van der Waals surface area contributed by atoms with Gasteiger partial charge in [0.25, 0.3) is 0 Å². The molecule has 2 rings (SSSR count). The summed E-state index contributed by atoms with van der Waals surface area (Å²) in [5.74, 6) is 0.844. The van der Waals surface area contributed by atoms with Crippen LogP contribution < -0.4 is 10.6 Å². The van der Waals surface area contributed by atoms with E-state index >= 15 is 0 Å². The van der Waals surface area contributed by atoms with Crippen molar-refractivity contribution < 1.29 is 0 Å². The molecule has 0 saturated heterocycles. The van der Waals surface area contributed by atoms with Crippen LogP contribution in [-0.4, -0.2) is 22.0 Å². The maximum absolute atomic E-state index is 5.84. The largest absolute Gasteiger partial charge is 0.357 e. The Morgan fingerprint density at radius 3 is 2.10 bits per heavy atom. The van der Waals surface area contributed by atoms with Crippen molar-refractivity contribution in [1.82, 2.24) is 15.0 Å². The Morgan fingerprint density at radius 1 is 0.950 bits per heavy atom. The van der Waals surface area contributed by atoms with E-state index in [-0.39, 0.29) is 10.7 Å². The molecule has 0 spiro atoms. The molecule has 0 amide bonds. The van der Waals surface area contributed by atoms with Crippen LogP contribution in [-0.2, 0) is 5.41 Å². The maximum atomic E-state index is 5.84. The van der Waals surface area contributed by atoms with Crippen LogP contribution >= 0.6 is 11.6 Å². The van der Waals surface area contributed by atoms with E-state index in [0.717, 1.165) is 5.69 Å². The lowest BCUT2D eigenvalue weighted by Crippen LogP contribution is -2.10. The highest BCUT2D eigenvalue weighted by atomic mass is 35.5. The van der Waals surface area contributed by atoms with Gasteiger partial charge in [0.05, 0.1) is 0 Å². The molecular weight excluding hydrogens is 274 g/mol. The second kappa shape index (κ2) is 5.63. The zero-order chi connectivity index (χ0) is 14.8. The smallest absolute Gasteiger partial charge is 0.233 e. The van der Waals surface area contributed by atoms with Crippen molar-refractivity contribution >= 4 is 29.2 Å². The molecule has 20 heavy (non-hydrogen) atoms. The Kier molecular flexibility index (Phi) is 4.09. The van der Waals surface area contributed by atoms with Crippen LogP contribution in [0.3, 0.4) is 0 Å². The van der Waals surface area contributed by atoms with Crippen molar-refractivity contribution in [3.8, 4) is 0 Å². The van der Waals surface area contributed by atoms with E-state index in [0.29, 0.717) is 11.9 Å². The van der Waals surface area contributed by atoms with Gasteiger partial charge in [-0.15, -0.1) is 0 Å². The molecule has 2 aromatic rings. The third-order valence-corrected chi connectivity index (χ3v) is 3.01. The predicted molar refractivity (Wildman–Crippen MR) is 82.8 cm³/mol. The lowest BCUT2D eigenvalue weighted by Gasteiger charge is -2.19. The monoisotopic (exact) mass is 291 g/mol. The first-order valence-electron chi connectivity index (χ1n) is 6.35. The van der Waals surface area contributed by atoms with Crippen LogP contribution in [0.15, 0.2) is 24.3 Å². The maximum Gasteiger partial charge on any atom is 0.233 e. The molecule has 106 valence electrons. The summed E-state index contributed by atoms with van der Waals surface area (Å²) in [5.41, 5.74) is 2.31. The fraction of sp³-hybridized carbons (Fsp3) is 0.357. The number of hydrogen-bond acceptors (Lipinski definition) is 5. The Balaban J connectivity index is 2.20. The van der Waals surface area contributed by atoms with Crippen LogP contribution in [0.5, 0.6) is 0 Å². The summed E-state index contributed by atoms with van der Waals surface area (Å²) in [6.07, 6.45) is 0. The third-order valence-electron chi connectivity index (χ3n) is 2.84. The normalized spacial score (nSPS) is 11.2. The quantitative estimate of drug-likeness (QED) is 0.904. The first-order valence-corrected chi connectivity index (χ1v) is 6.73. The summed E-state index contributed by atoms with van der Waals surface area (Å²) in [7, 11) is 1.73. The van der Waals surface area contributed by atoms with Gasteiger partial charge in [0.15, 0.2) is 0 Å². The summed E-state index contributed by atoms with van der Waals surface area (Å²) in [6.45, 7) is 6.54. The SMILES string of the molecule is CNc1nc(Cl)nc(Nc2ccc(C(C)(C)C)cc2)n1. The van der Waals surface area contributed by atoms with Crippen LogP contribution in [0.1, 0.15) is 26.3 Å². The highest BCUT2D eigenvalue weighted by Crippen LogP contribution is 2.24. The Hall–Kier alpha value is -1.88. The van der Waals surface area contributed by atoms with E-state index in [1.807, 2.05) is 12.1 Å². The molecule has 0 atom stereocenters. The van der Waals surface area contributed by atoms with E-state index in [9.17, 15) is 0 Å². The van der Waals surface area contributed by atoms with Gasteiger partial charge in [-0.1, -0.05) is 32.9 Å². The van der Waals surface area contributed by atoms with E-state index in [1.54, 1.807) is 7.05 Å². The van der Waals surface area contributed by atoms with Crippen LogP contribution in [0.4, 0.5) is 17.6 Å². The molecule has 1 aromatic heterocycles. The second-order valence-electron chi connectivity index (χ2n) is 5.45. The molecular formula is C14H18ClN5. The van der Waals surface area contributed by atoms with Gasteiger partial charge in [-0.2, -0.15) is 15.0 Å². The summed E-state index contributed by atoms with van der Waals surface area (Å²) >= 11 is 5.84. The summed E-state index contributed by atoms with van der Waals surface area (Å²) < 4.78 is 0. The first kappa shape index (κ1) is 14.5. The number of benzene rings is 1. The molecule has 1 heterocycles. The van der Waals surface area contributed by atoms with E-state index in [1.165, 1.54) is 5.56 Å². The number of nitrogens with zero attached hydrogens (tertiary/aromatic N) is 3. The minimum absolute atomic E-state index is 0.133. The van der Waals surface area contributed by atoms with E-state index in [4.69, 9.17) is 11.6 Å². The topological polar surface area (TPSA) is 62.7 Å². The van der Waals surface area contributed by atoms with Crippen molar-refractivity contribution in [2.45, 2.75) is 26.2 Å². The number of hydrogen-bond donors (Lipinski definition) is 2. The Bertz CT molecular complexity index is 590. The van der Waals surface area contributed by atoms with Crippen molar-refractivity contribution in [2.75, 3.05) is 17.7 Å². The fourth-order valence-electron chi connectivity index (χ4n) is 1.70. The Morgan fingerprint density at radius 2 is 1.55 bits per heavy atom. The molecule has 0 unspecified atom stereocenters. The minimum Gasteiger partial charge on any atom is -0.357 e. The fourth-order valence-corrected chi connectivity index (χ4v) is 1.86. The molecule has 1 aromatic carbocycles. The average Bonchev–Trinajstić information content (AvgIpc) is 2.37. The van der Waals surface area contributed by atoms with Crippen LogP contribution in [0, 0.1) is 0 Å². The summed E-state index contributed by atoms with van der Waals surface area (Å²) in [5, 5.41) is 6.10. The molecule has 0 bridgehead atoms. The standard InChI is InChI=1S/C14H18ClN5/c1-14(2,3)9-5-7-10(8-6-9)17-13-19-11(15)18-12(16-4)20-13/h5-8H,1-4H3,(H2,16,17,18,19,20). The summed E-state index contributed by atoms with van der Waals surface area (Å²) in [4.78, 5) is 12.2. The van der Waals surface area contributed by atoms with Crippen LogP contribution in [0.2, 0.25) is 5.28 Å². The van der Waals surface area contributed by atoms with Crippen LogP contribution in [0.25, 0.3) is 0 Å². The van der Waals surface area contributed by atoms with Gasteiger partial charge in [0, 0.05) is 12.7 Å². The van der Waals surface area contributed by atoms with Gasteiger partial charge in [-0.25, -0.2) is 0 Å². The van der Waals surface area contributed by atoms with Crippen molar-refractivity contribution in [3.63, 3.8) is 0 Å². The molecule has 0 fully saturated rings. The third kappa shape index (κ3) is 3.57. The molecule has 5 nitrogen and oxygen atoms in total. The number of anilines is 3. The number of aromatic nitrogens is 3. The van der Waals surface area contributed by atoms with Gasteiger partial charge < -0.3 is 10.6 Å². The molecule has 2 N–H and O–H groups in total. The average molecular weight is 292 g/mol. The van der Waals surface area contributed by atoms with E-state index < -0.39 is 0 Å². The zero-order valence-electron chi connectivity index (χ0n) is 12.0. The number of halogens is 1. The van der Waals surface area contributed by atoms with Crippen molar-refractivity contribution in [3.05, 3.63) is 35.1 Å². The lowest BCUT2D eigenvalue weighted by atomic mass is 9.87. The number of rotatable bonds is 3. The van der Waals surface area contributed by atoms with E-state index in [2.05, 4.69) is 58.5 Å². The van der Waals surface area contributed by atoms with Crippen molar-refractivity contribution in [1.29, 1.82) is 0 Å². The zero-order valence-corrected chi connectivity index (χ0v) is 12.8. The number of nitrogens with one attached hydrogen (secondary N) is 2. The molecule has 0 aliphatic carbocycles. The molecule has 6 heteroatoms. The summed E-state index contributed by atoms with van der Waals surface area (Å²) in [6, 6.07) is 8.17. The van der Waals surface area contributed by atoms with Crippen molar-refractivity contribution in [2.24, 2.45) is 0 Å². The van der Waals surface area contributed by atoms with Gasteiger partial charge in [-0.3, -0.25) is 0 Å². The molecule has 0 aliphatic rings. The minimum atomic E-state index is 0.133. The Labute approximate surface area is 123 Å². The highest BCUT2D eigenvalue weighted by Gasteiger charge is 2.13. The van der Waals surface area contributed by atoms with Gasteiger partial charge in [0.2, 0.25) is 17.2 Å². The van der Waals surface area contributed by atoms with Gasteiger partial charge >= 0.3 is 0 Å². The predicted octanol–water partition coefficient (Wildman–Crippen LogP) is 3.61. The lowest BCUT2D eigenvalue weighted by molar-refractivity contribution is 0.590. The molecule has 0 aliphatic heterocycles. The first-order chi connectivity index (χ1) is 9.38. The van der Waals surface area contributed by atoms with Gasteiger partial charge in [-0.05, 0) is 34.7 Å². The van der Waals surface area contributed by atoms with Gasteiger partial charge in [0.1, 0.15) is 0 Å². The second-order valence-corrected chi connectivity index (χ2v) is 5.79. The highest BCUT2D eigenvalue weighted by molar-refractivity contribution is 6.28. The molecule has 0 radical (unpaired) electrons.